The number of hydrogen-bond donors (Lipinski definition) is 1. The zero-order chi connectivity index (χ0) is 27.0. The topological polar surface area (TPSA) is 125 Å². The van der Waals surface area contributed by atoms with Crippen molar-refractivity contribution in [2.75, 3.05) is 18.1 Å². The molecule has 0 radical (unpaired) electrons. The van der Waals surface area contributed by atoms with Crippen LogP contribution in [0.5, 0.6) is 11.6 Å². The Balaban J connectivity index is 1.48. The first-order chi connectivity index (χ1) is 17.2. The van der Waals surface area contributed by atoms with Crippen molar-refractivity contribution in [2.24, 2.45) is 7.05 Å². The summed E-state index contributed by atoms with van der Waals surface area (Å²) in [5.41, 5.74) is 0.0965. The lowest BCUT2D eigenvalue weighted by Crippen LogP contribution is -2.51. The lowest BCUT2D eigenvalue weighted by atomic mass is 9.95. The van der Waals surface area contributed by atoms with Gasteiger partial charge in [0.1, 0.15) is 39.2 Å². The van der Waals surface area contributed by atoms with Gasteiger partial charge in [-0.15, -0.1) is 0 Å². The second-order valence-electron chi connectivity index (χ2n) is 8.96. The fourth-order valence-corrected chi connectivity index (χ4v) is 5.51. The molecule has 1 fully saturated rings. The highest BCUT2D eigenvalue weighted by Crippen LogP contribution is 2.26. The van der Waals surface area contributed by atoms with E-state index in [2.05, 4.69) is 25.0 Å². The fraction of sp³-hybridized carbons (Fsp3) is 0.455. The third-order valence-corrected chi connectivity index (χ3v) is 7.59. The van der Waals surface area contributed by atoms with Gasteiger partial charge in [0.05, 0.1) is 29.4 Å². The normalized spacial score (nSPS) is 16.9. The summed E-state index contributed by atoms with van der Waals surface area (Å²) in [4.78, 5) is 25.1. The van der Waals surface area contributed by atoms with Crippen molar-refractivity contribution < 1.29 is 40.2 Å². The molecule has 1 saturated heterocycles. The molecular formula is C22H23F4N5O5S. The van der Waals surface area contributed by atoms with Gasteiger partial charge in [0, 0.05) is 24.7 Å². The van der Waals surface area contributed by atoms with Gasteiger partial charge in [0.15, 0.2) is 12.4 Å². The smallest absolute Gasteiger partial charge is 0.422 e. The molecule has 3 aromatic rings. The standard InChI is InChI=1S/C22H23F4N5O5S/c1-21(3-5-37(33,34)6-4-21)30-20(32)19-29-14-10-28-18(8-16(14)31(19)2)35-11-15-17(7-13(23)9-27-15)36-12-22(24,25)26/h7-10H,3-6,11-12H2,1-2H3,(H,30,32). The molecule has 0 unspecified atom stereocenters. The molecule has 4 rings (SSSR count). The molecule has 0 saturated carbocycles. The second-order valence-corrected chi connectivity index (χ2v) is 11.3. The molecule has 200 valence electrons. The minimum Gasteiger partial charge on any atom is -0.482 e. The van der Waals surface area contributed by atoms with Gasteiger partial charge in [-0.3, -0.25) is 9.78 Å². The summed E-state index contributed by atoms with van der Waals surface area (Å²) in [6, 6.07) is 2.26. The van der Waals surface area contributed by atoms with E-state index < -0.39 is 45.6 Å². The van der Waals surface area contributed by atoms with Gasteiger partial charge in [-0.05, 0) is 19.8 Å². The Kier molecular flexibility index (Phi) is 7.01. The average Bonchev–Trinajstić information content (AvgIpc) is 3.15. The SMILES string of the molecule is Cn1c(C(=O)NC2(C)CCS(=O)(=O)CC2)nc2cnc(OCc3ncc(F)cc3OCC(F)(F)F)cc21. The van der Waals surface area contributed by atoms with E-state index in [0.29, 0.717) is 11.0 Å². The first-order valence-corrected chi connectivity index (χ1v) is 12.9. The molecule has 0 spiro atoms. The highest BCUT2D eigenvalue weighted by Gasteiger charge is 2.35. The van der Waals surface area contributed by atoms with Crippen LogP contribution >= 0.6 is 0 Å². The van der Waals surface area contributed by atoms with Crippen LogP contribution in [0.4, 0.5) is 17.6 Å². The number of carbonyl (C=O) groups excluding carboxylic acids is 1. The molecule has 1 N–H and O–H groups in total. The number of amides is 1. The number of nitrogens with zero attached hydrogens (tertiary/aromatic N) is 4. The lowest BCUT2D eigenvalue weighted by Gasteiger charge is -2.34. The van der Waals surface area contributed by atoms with Crippen LogP contribution in [-0.4, -0.2) is 63.7 Å². The monoisotopic (exact) mass is 545 g/mol. The van der Waals surface area contributed by atoms with E-state index >= 15 is 0 Å². The minimum atomic E-state index is -4.62. The number of carbonyl (C=O) groups is 1. The molecule has 37 heavy (non-hydrogen) atoms. The van der Waals surface area contributed by atoms with Gasteiger partial charge >= 0.3 is 6.18 Å². The van der Waals surface area contributed by atoms with Crippen molar-refractivity contribution >= 4 is 26.8 Å². The quantitative estimate of drug-likeness (QED) is 0.450. The van der Waals surface area contributed by atoms with E-state index in [-0.39, 0.29) is 48.4 Å². The number of ether oxygens (including phenoxy) is 2. The summed E-state index contributed by atoms with van der Waals surface area (Å²) >= 11 is 0. The van der Waals surface area contributed by atoms with E-state index in [1.54, 1.807) is 14.0 Å². The molecule has 3 aromatic heterocycles. The van der Waals surface area contributed by atoms with Crippen molar-refractivity contribution in [3.63, 3.8) is 0 Å². The van der Waals surface area contributed by atoms with Crippen molar-refractivity contribution in [1.29, 1.82) is 0 Å². The maximum Gasteiger partial charge on any atom is 0.422 e. The Labute approximate surface area is 208 Å². The predicted octanol–water partition coefficient (Wildman–Crippen LogP) is 2.72. The van der Waals surface area contributed by atoms with Crippen LogP contribution in [0, 0.1) is 5.82 Å². The Bertz CT molecular complexity index is 1430. The molecule has 0 aliphatic carbocycles. The third kappa shape index (κ3) is 6.45. The summed E-state index contributed by atoms with van der Waals surface area (Å²) < 4.78 is 86.2. The van der Waals surface area contributed by atoms with Crippen molar-refractivity contribution in [1.82, 2.24) is 24.8 Å². The molecule has 1 amide bonds. The zero-order valence-corrected chi connectivity index (χ0v) is 20.6. The molecule has 0 aromatic carbocycles. The molecule has 4 heterocycles. The Morgan fingerprint density at radius 3 is 2.54 bits per heavy atom. The number of aromatic nitrogens is 4. The van der Waals surface area contributed by atoms with Crippen LogP contribution in [0.15, 0.2) is 24.5 Å². The fourth-order valence-electron chi connectivity index (χ4n) is 3.79. The third-order valence-electron chi connectivity index (χ3n) is 5.94. The van der Waals surface area contributed by atoms with Crippen LogP contribution in [0.2, 0.25) is 0 Å². The molecule has 0 atom stereocenters. The van der Waals surface area contributed by atoms with Gasteiger partial charge in [-0.2, -0.15) is 13.2 Å². The highest BCUT2D eigenvalue weighted by molar-refractivity contribution is 7.91. The Morgan fingerprint density at radius 1 is 1.16 bits per heavy atom. The number of alkyl halides is 3. The van der Waals surface area contributed by atoms with Gasteiger partial charge < -0.3 is 19.4 Å². The summed E-state index contributed by atoms with van der Waals surface area (Å²) in [5.74, 6) is -1.66. The molecule has 1 aliphatic heterocycles. The van der Waals surface area contributed by atoms with E-state index in [4.69, 9.17) is 4.74 Å². The van der Waals surface area contributed by atoms with E-state index in [1.165, 1.54) is 16.8 Å². The van der Waals surface area contributed by atoms with Crippen molar-refractivity contribution in [2.45, 2.75) is 38.1 Å². The van der Waals surface area contributed by atoms with Crippen LogP contribution in [0.3, 0.4) is 0 Å². The second kappa shape index (κ2) is 9.76. The molecule has 1 aliphatic rings. The number of halogens is 4. The van der Waals surface area contributed by atoms with Gasteiger partial charge in [-0.1, -0.05) is 0 Å². The van der Waals surface area contributed by atoms with Gasteiger partial charge in [0.25, 0.3) is 5.91 Å². The number of imidazole rings is 1. The molecular weight excluding hydrogens is 522 g/mol. The number of pyridine rings is 2. The van der Waals surface area contributed by atoms with Gasteiger partial charge in [0.2, 0.25) is 5.88 Å². The maximum atomic E-state index is 13.5. The average molecular weight is 546 g/mol. The predicted molar refractivity (Wildman–Crippen MR) is 122 cm³/mol. The molecule has 10 nitrogen and oxygen atoms in total. The summed E-state index contributed by atoms with van der Waals surface area (Å²) in [7, 11) is -1.50. The number of hydrogen-bond acceptors (Lipinski definition) is 8. The Hall–Kier alpha value is -3.49. The van der Waals surface area contributed by atoms with Gasteiger partial charge in [-0.25, -0.2) is 22.8 Å². The summed E-state index contributed by atoms with van der Waals surface area (Å²) in [6.45, 7) is -0.200. The van der Waals surface area contributed by atoms with E-state index in [0.717, 1.165) is 12.3 Å². The van der Waals surface area contributed by atoms with Crippen LogP contribution in [0.25, 0.3) is 11.0 Å². The summed E-state index contributed by atoms with van der Waals surface area (Å²) in [5, 5.41) is 2.87. The summed E-state index contributed by atoms with van der Waals surface area (Å²) in [6.07, 6.45) is -1.86. The largest absolute Gasteiger partial charge is 0.482 e. The molecule has 15 heteroatoms. The number of aryl methyl sites for hydroxylation is 1. The van der Waals surface area contributed by atoms with Crippen LogP contribution in [0.1, 0.15) is 36.1 Å². The van der Waals surface area contributed by atoms with Crippen molar-refractivity contribution in [3.8, 4) is 11.6 Å². The van der Waals surface area contributed by atoms with E-state index in [1.807, 2.05) is 0 Å². The first kappa shape index (κ1) is 26.6. The Morgan fingerprint density at radius 2 is 1.86 bits per heavy atom. The highest BCUT2D eigenvalue weighted by atomic mass is 32.2. The lowest BCUT2D eigenvalue weighted by molar-refractivity contribution is -0.153. The minimum absolute atomic E-state index is 0.0111. The first-order valence-electron chi connectivity index (χ1n) is 11.1. The van der Waals surface area contributed by atoms with Crippen LogP contribution in [-0.2, 0) is 23.5 Å². The number of sulfone groups is 1. The van der Waals surface area contributed by atoms with Crippen LogP contribution < -0.4 is 14.8 Å². The van der Waals surface area contributed by atoms with E-state index in [9.17, 15) is 30.8 Å². The number of nitrogens with one attached hydrogen (secondary N) is 1. The zero-order valence-electron chi connectivity index (χ0n) is 19.8. The number of fused-ring (bicyclic) bond motifs is 1. The molecule has 0 bridgehead atoms. The maximum absolute atomic E-state index is 13.5. The van der Waals surface area contributed by atoms with Crippen molar-refractivity contribution in [3.05, 3.63) is 41.9 Å². The number of rotatable bonds is 7.